The molecule has 2 aromatic carbocycles. The Kier molecular flexibility index (Phi) is 12.9. The number of carboxylic acid groups (broad SMARTS) is 1. The summed E-state index contributed by atoms with van der Waals surface area (Å²) in [7, 11) is 0. The summed E-state index contributed by atoms with van der Waals surface area (Å²) in [5.41, 5.74) is 12.4. The van der Waals surface area contributed by atoms with Gasteiger partial charge in [0.25, 0.3) is 0 Å². The highest BCUT2D eigenvalue weighted by Gasteiger charge is 2.05. The quantitative estimate of drug-likeness (QED) is 0.209. The average Bonchev–Trinajstić information content (AvgIpc) is 2.83. The van der Waals surface area contributed by atoms with Crippen molar-refractivity contribution in [2.45, 2.75) is 51.9 Å². The smallest absolute Gasteiger partial charge is 0.303 e. The van der Waals surface area contributed by atoms with Gasteiger partial charge in [0.05, 0.1) is 12.3 Å². The second-order valence-electron chi connectivity index (χ2n) is 7.50. The molecule has 0 aromatic heterocycles. The molecule has 0 saturated carbocycles. The van der Waals surface area contributed by atoms with Crippen molar-refractivity contribution in [2.24, 2.45) is 11.5 Å². The standard InChI is InChI=1S/C18H19N3O3.C7H13NO2/c19-11-16(20)18(21)14-5-4-13-10-15(7-6-12(13)9-14)24-8-2-1-3-17(22)23;1-2-3-4-5-7(10)8-6-9/h4-7,9-10H,1-3,8,20-21H2,(H,22,23);6H,2-5H2,1H3,(H,8,9,10)/b18-16-;. The summed E-state index contributed by atoms with van der Waals surface area (Å²) in [4.78, 5) is 30.7. The molecule has 0 aliphatic rings. The molecule has 0 heterocycles. The molecule has 0 saturated heterocycles. The SMILES string of the molecule is CCCCCC(=O)NC=O.N#C/C(N)=C(/N)c1ccc2cc(OCCCCC(=O)O)ccc2c1. The first-order valence-corrected chi connectivity index (χ1v) is 11.1. The number of hydrogen-bond acceptors (Lipinski definition) is 7. The van der Waals surface area contributed by atoms with Gasteiger partial charge in [-0.25, -0.2) is 0 Å². The van der Waals surface area contributed by atoms with Crippen LogP contribution >= 0.6 is 0 Å². The van der Waals surface area contributed by atoms with Gasteiger partial charge in [-0.1, -0.05) is 38.0 Å². The number of hydrogen-bond donors (Lipinski definition) is 4. The highest BCUT2D eigenvalue weighted by Crippen LogP contribution is 2.24. The van der Waals surface area contributed by atoms with Crippen LogP contribution in [-0.2, 0) is 14.4 Å². The van der Waals surface area contributed by atoms with Gasteiger partial charge in [-0.2, -0.15) is 5.26 Å². The molecule has 0 atom stereocenters. The molecule has 182 valence electrons. The van der Waals surface area contributed by atoms with Crippen molar-refractivity contribution >= 4 is 34.8 Å². The third-order valence-corrected chi connectivity index (χ3v) is 4.81. The predicted octanol–water partition coefficient (Wildman–Crippen LogP) is 3.42. The molecule has 0 unspecified atom stereocenters. The van der Waals surface area contributed by atoms with Crippen LogP contribution in [-0.4, -0.2) is 30.0 Å². The molecule has 2 rings (SSSR count). The summed E-state index contributed by atoms with van der Waals surface area (Å²) in [5.74, 6) is -0.240. The van der Waals surface area contributed by atoms with Crippen molar-refractivity contribution in [1.82, 2.24) is 5.32 Å². The zero-order valence-corrected chi connectivity index (χ0v) is 19.4. The van der Waals surface area contributed by atoms with E-state index in [9.17, 15) is 14.4 Å². The number of carboxylic acids is 1. The lowest BCUT2D eigenvalue weighted by molar-refractivity contribution is -0.137. The maximum Gasteiger partial charge on any atom is 0.303 e. The van der Waals surface area contributed by atoms with Crippen LogP contribution in [0.5, 0.6) is 5.75 Å². The summed E-state index contributed by atoms with van der Waals surface area (Å²) in [5, 5.41) is 21.4. The van der Waals surface area contributed by atoms with Crippen LogP contribution in [0.1, 0.15) is 57.4 Å². The molecule has 0 radical (unpaired) electrons. The van der Waals surface area contributed by atoms with Crippen LogP contribution in [0.2, 0.25) is 0 Å². The van der Waals surface area contributed by atoms with E-state index in [2.05, 4.69) is 12.2 Å². The van der Waals surface area contributed by atoms with E-state index in [0.717, 1.165) is 35.8 Å². The minimum Gasteiger partial charge on any atom is -0.494 e. The van der Waals surface area contributed by atoms with Gasteiger partial charge >= 0.3 is 5.97 Å². The number of benzene rings is 2. The number of imide groups is 1. The molecule has 0 fully saturated rings. The number of rotatable bonds is 12. The van der Waals surface area contributed by atoms with Crippen LogP contribution in [0.15, 0.2) is 42.1 Å². The fraction of sp³-hybridized carbons (Fsp3) is 0.360. The summed E-state index contributed by atoms with van der Waals surface area (Å²) in [6.45, 7) is 2.54. The number of nitrogens with zero attached hydrogens (tertiary/aromatic N) is 1. The van der Waals surface area contributed by atoms with Gasteiger partial charge in [-0.15, -0.1) is 0 Å². The average molecular weight is 469 g/mol. The summed E-state index contributed by atoms with van der Waals surface area (Å²) in [6, 6.07) is 13.1. The van der Waals surface area contributed by atoms with Crippen molar-refractivity contribution in [1.29, 1.82) is 5.26 Å². The third kappa shape index (κ3) is 10.5. The second kappa shape index (κ2) is 15.7. The first kappa shape index (κ1) is 28.0. The normalized spacial score (nSPS) is 10.8. The highest BCUT2D eigenvalue weighted by atomic mass is 16.5. The van der Waals surface area contributed by atoms with E-state index in [0.29, 0.717) is 37.8 Å². The monoisotopic (exact) mass is 468 g/mol. The number of nitrogens with one attached hydrogen (secondary N) is 1. The molecule has 6 N–H and O–H groups in total. The summed E-state index contributed by atoms with van der Waals surface area (Å²) in [6.07, 6.45) is 5.35. The van der Waals surface area contributed by atoms with Gasteiger partial charge in [0, 0.05) is 18.4 Å². The van der Waals surface area contributed by atoms with Crippen molar-refractivity contribution < 1.29 is 24.2 Å². The first-order chi connectivity index (χ1) is 16.3. The zero-order valence-electron chi connectivity index (χ0n) is 19.4. The number of nitrogens with two attached hydrogens (primary N) is 2. The van der Waals surface area contributed by atoms with Crippen molar-refractivity contribution in [3.05, 3.63) is 47.7 Å². The van der Waals surface area contributed by atoms with E-state index < -0.39 is 5.97 Å². The van der Waals surface area contributed by atoms with Gasteiger partial charge < -0.3 is 21.3 Å². The Morgan fingerprint density at radius 2 is 1.74 bits per heavy atom. The lowest BCUT2D eigenvalue weighted by atomic mass is 10.0. The number of carbonyl (C=O) groups is 3. The number of unbranched alkanes of at least 4 members (excludes halogenated alkanes) is 3. The number of carbonyl (C=O) groups excluding carboxylic acids is 2. The zero-order chi connectivity index (χ0) is 25.3. The molecule has 0 spiro atoms. The molecule has 34 heavy (non-hydrogen) atoms. The molecular weight excluding hydrogens is 436 g/mol. The minimum atomic E-state index is -0.790. The van der Waals surface area contributed by atoms with Gasteiger partial charge in [-0.3, -0.25) is 19.7 Å². The van der Waals surface area contributed by atoms with Gasteiger partial charge in [0.1, 0.15) is 17.5 Å². The lowest BCUT2D eigenvalue weighted by Crippen LogP contribution is -2.20. The number of ether oxygens (including phenoxy) is 1. The van der Waals surface area contributed by atoms with E-state index in [1.54, 1.807) is 6.07 Å². The van der Waals surface area contributed by atoms with Crippen LogP contribution in [0.25, 0.3) is 16.5 Å². The van der Waals surface area contributed by atoms with Crippen molar-refractivity contribution in [3.63, 3.8) is 0 Å². The first-order valence-electron chi connectivity index (χ1n) is 11.1. The van der Waals surface area contributed by atoms with Gasteiger partial charge in [0.15, 0.2) is 0 Å². The Labute approximate surface area is 199 Å². The Morgan fingerprint density at radius 3 is 2.38 bits per heavy atom. The fourth-order valence-electron chi connectivity index (χ4n) is 2.94. The number of allylic oxidation sites excluding steroid dienone is 1. The van der Waals surface area contributed by atoms with Crippen LogP contribution in [0, 0.1) is 11.3 Å². The Balaban J connectivity index is 0.000000489. The molecule has 9 nitrogen and oxygen atoms in total. The van der Waals surface area contributed by atoms with Gasteiger partial charge in [0.2, 0.25) is 12.3 Å². The largest absolute Gasteiger partial charge is 0.494 e. The molecule has 0 aliphatic heterocycles. The summed E-state index contributed by atoms with van der Waals surface area (Å²) >= 11 is 0. The Morgan fingerprint density at radius 1 is 1.06 bits per heavy atom. The topological polar surface area (TPSA) is 169 Å². The van der Waals surface area contributed by atoms with E-state index in [4.69, 9.17) is 26.6 Å². The predicted molar refractivity (Wildman–Crippen MR) is 130 cm³/mol. The Hall–Kier alpha value is -4.06. The number of amides is 2. The molecular formula is C25H32N4O5. The maximum atomic E-state index is 10.6. The van der Waals surface area contributed by atoms with E-state index in [1.807, 2.05) is 36.4 Å². The van der Waals surface area contributed by atoms with Crippen molar-refractivity contribution in [2.75, 3.05) is 6.61 Å². The maximum absolute atomic E-state index is 10.6. The number of nitriles is 1. The van der Waals surface area contributed by atoms with Crippen LogP contribution < -0.4 is 21.5 Å². The highest BCUT2D eigenvalue weighted by molar-refractivity contribution is 5.87. The molecule has 9 heteroatoms. The minimum absolute atomic E-state index is 0.00401. The second-order valence-corrected chi connectivity index (χ2v) is 7.50. The lowest BCUT2D eigenvalue weighted by Gasteiger charge is -2.09. The molecule has 2 amide bonds. The molecule has 0 bridgehead atoms. The van der Waals surface area contributed by atoms with Crippen molar-refractivity contribution in [3.8, 4) is 11.8 Å². The van der Waals surface area contributed by atoms with E-state index in [-0.39, 0.29) is 23.7 Å². The summed E-state index contributed by atoms with van der Waals surface area (Å²) < 4.78 is 5.64. The van der Waals surface area contributed by atoms with Crippen LogP contribution in [0.3, 0.4) is 0 Å². The van der Waals surface area contributed by atoms with Gasteiger partial charge in [-0.05, 0) is 48.2 Å². The number of fused-ring (bicyclic) bond motifs is 1. The number of aliphatic carboxylic acids is 1. The molecule has 2 aromatic rings. The van der Waals surface area contributed by atoms with E-state index in [1.165, 1.54) is 0 Å². The molecule has 0 aliphatic carbocycles. The Bertz CT molecular complexity index is 1040. The fourth-order valence-corrected chi connectivity index (χ4v) is 2.94. The van der Waals surface area contributed by atoms with E-state index >= 15 is 0 Å². The third-order valence-electron chi connectivity index (χ3n) is 4.81. The van der Waals surface area contributed by atoms with Crippen LogP contribution in [0.4, 0.5) is 0 Å².